The predicted molar refractivity (Wildman–Crippen MR) is 54.3 cm³/mol. The van der Waals surface area contributed by atoms with Crippen LogP contribution in [0.1, 0.15) is 13.3 Å². The molecule has 2 aliphatic rings. The second-order valence-corrected chi connectivity index (χ2v) is 4.32. The van der Waals surface area contributed by atoms with E-state index in [4.69, 9.17) is 4.74 Å². The zero-order chi connectivity index (χ0) is 9.97. The molecule has 14 heavy (non-hydrogen) atoms. The lowest BCUT2D eigenvalue weighted by molar-refractivity contribution is 0.0425. The van der Waals surface area contributed by atoms with Crippen molar-refractivity contribution in [3.63, 3.8) is 0 Å². The van der Waals surface area contributed by atoms with E-state index < -0.39 is 0 Å². The van der Waals surface area contributed by atoms with E-state index in [1.165, 1.54) is 0 Å². The van der Waals surface area contributed by atoms with Gasteiger partial charge in [0.05, 0.1) is 12.2 Å². The fourth-order valence-corrected chi connectivity index (χ4v) is 2.35. The fraction of sp³-hybridized carbons (Fsp3) is 1.00. The van der Waals surface area contributed by atoms with Gasteiger partial charge >= 0.3 is 0 Å². The Labute approximate surface area is 85.2 Å². The summed E-state index contributed by atoms with van der Waals surface area (Å²) in [4.78, 5) is 2.36. The van der Waals surface area contributed by atoms with E-state index in [9.17, 15) is 5.11 Å². The van der Waals surface area contributed by atoms with Crippen LogP contribution in [0.4, 0.5) is 0 Å². The quantitative estimate of drug-likeness (QED) is 0.595. The highest BCUT2D eigenvalue weighted by Crippen LogP contribution is 2.14. The van der Waals surface area contributed by atoms with Gasteiger partial charge in [0.1, 0.15) is 0 Å². The molecule has 0 spiro atoms. The molecular weight excluding hydrogens is 180 g/mol. The van der Waals surface area contributed by atoms with Gasteiger partial charge in [0.15, 0.2) is 0 Å². The number of aliphatic hydroxyl groups excluding tert-OH is 1. The summed E-state index contributed by atoms with van der Waals surface area (Å²) in [6, 6.07) is 0.291. The maximum absolute atomic E-state index is 9.77. The van der Waals surface area contributed by atoms with Crippen molar-refractivity contribution < 1.29 is 9.84 Å². The molecule has 0 bridgehead atoms. The predicted octanol–water partition coefficient (Wildman–Crippen LogP) is -0.570. The van der Waals surface area contributed by atoms with Gasteiger partial charge in [0.2, 0.25) is 0 Å². The number of hydrogen-bond acceptors (Lipinski definition) is 4. The number of nitrogens with zero attached hydrogens (tertiary/aromatic N) is 1. The first-order chi connectivity index (χ1) is 6.77. The Hall–Kier alpha value is -0.160. The molecule has 0 aromatic heterocycles. The minimum atomic E-state index is -0.208. The summed E-state index contributed by atoms with van der Waals surface area (Å²) >= 11 is 0. The van der Waals surface area contributed by atoms with Crippen molar-refractivity contribution in [2.75, 3.05) is 32.8 Å². The van der Waals surface area contributed by atoms with Gasteiger partial charge < -0.3 is 15.2 Å². The van der Waals surface area contributed by atoms with Crippen LogP contribution >= 0.6 is 0 Å². The summed E-state index contributed by atoms with van der Waals surface area (Å²) in [6.45, 7) is 6.60. The summed E-state index contributed by atoms with van der Waals surface area (Å²) in [5.41, 5.74) is 0. The molecular formula is C10H20N2O2. The number of ether oxygens (including phenoxy) is 1. The maximum atomic E-state index is 9.77. The van der Waals surface area contributed by atoms with E-state index in [-0.39, 0.29) is 6.10 Å². The molecule has 2 fully saturated rings. The normalized spacial score (nSPS) is 41.1. The molecule has 0 radical (unpaired) electrons. The van der Waals surface area contributed by atoms with Gasteiger partial charge in [-0.25, -0.2) is 0 Å². The lowest BCUT2D eigenvalue weighted by atomic mass is 10.1. The van der Waals surface area contributed by atoms with Gasteiger partial charge in [-0.05, 0) is 13.3 Å². The van der Waals surface area contributed by atoms with E-state index in [0.717, 1.165) is 39.2 Å². The summed E-state index contributed by atoms with van der Waals surface area (Å²) in [6.07, 6.45) is 1.17. The molecule has 4 nitrogen and oxygen atoms in total. The highest BCUT2D eigenvalue weighted by atomic mass is 16.5. The number of β-amino-alcohol motifs (C(OH)–C–C–N with tert-alkyl or cyclic N) is 1. The Morgan fingerprint density at radius 2 is 2.29 bits per heavy atom. The van der Waals surface area contributed by atoms with Crippen molar-refractivity contribution in [3.05, 3.63) is 0 Å². The number of nitrogens with one attached hydrogen (secondary N) is 1. The topological polar surface area (TPSA) is 44.7 Å². The average Bonchev–Trinajstić information content (AvgIpc) is 2.45. The highest BCUT2D eigenvalue weighted by molar-refractivity contribution is 4.89. The van der Waals surface area contributed by atoms with E-state index in [1.807, 2.05) is 0 Å². The molecule has 0 saturated carbocycles. The molecule has 1 unspecified atom stereocenters. The van der Waals surface area contributed by atoms with E-state index in [1.54, 1.807) is 0 Å². The van der Waals surface area contributed by atoms with Crippen LogP contribution in [0.3, 0.4) is 0 Å². The second-order valence-electron chi connectivity index (χ2n) is 4.32. The SMILES string of the molecule is CC1CN([C@@H]2CNC[C@H]2O)CCCO1. The van der Waals surface area contributed by atoms with Gasteiger partial charge in [-0.1, -0.05) is 0 Å². The summed E-state index contributed by atoms with van der Waals surface area (Å²) in [7, 11) is 0. The molecule has 2 rings (SSSR count). The molecule has 82 valence electrons. The molecule has 0 amide bonds. The zero-order valence-electron chi connectivity index (χ0n) is 8.78. The Balaban J connectivity index is 1.94. The van der Waals surface area contributed by atoms with Gasteiger partial charge in [0.25, 0.3) is 0 Å². The minimum absolute atomic E-state index is 0.208. The molecule has 2 N–H and O–H groups in total. The summed E-state index contributed by atoms with van der Waals surface area (Å²) < 4.78 is 5.58. The highest BCUT2D eigenvalue weighted by Gasteiger charge is 2.31. The maximum Gasteiger partial charge on any atom is 0.0831 e. The third-order valence-electron chi connectivity index (χ3n) is 3.10. The van der Waals surface area contributed by atoms with Gasteiger partial charge in [0, 0.05) is 38.8 Å². The molecule has 0 aliphatic carbocycles. The largest absolute Gasteiger partial charge is 0.390 e. The standard InChI is InChI=1S/C10H20N2O2/c1-8-7-12(3-2-4-14-8)9-5-11-6-10(9)13/h8-11,13H,2-7H2,1H3/t8?,9-,10-/m1/s1. The van der Waals surface area contributed by atoms with Gasteiger partial charge in [-0.2, -0.15) is 0 Å². The van der Waals surface area contributed by atoms with Crippen LogP contribution in [-0.2, 0) is 4.74 Å². The minimum Gasteiger partial charge on any atom is -0.390 e. The first-order valence-electron chi connectivity index (χ1n) is 5.52. The lowest BCUT2D eigenvalue weighted by Crippen LogP contribution is -2.45. The molecule has 2 aliphatic heterocycles. The third kappa shape index (κ3) is 2.25. The fourth-order valence-electron chi connectivity index (χ4n) is 2.35. The number of aliphatic hydroxyl groups is 1. The van der Waals surface area contributed by atoms with Crippen LogP contribution in [0.25, 0.3) is 0 Å². The molecule has 4 heteroatoms. The van der Waals surface area contributed by atoms with Gasteiger partial charge in [-0.15, -0.1) is 0 Å². The van der Waals surface area contributed by atoms with Crippen LogP contribution in [0.2, 0.25) is 0 Å². The second kappa shape index (κ2) is 4.57. The Morgan fingerprint density at radius 1 is 1.43 bits per heavy atom. The van der Waals surface area contributed by atoms with Crippen molar-refractivity contribution in [2.45, 2.75) is 31.6 Å². The first kappa shape index (κ1) is 10.4. The van der Waals surface area contributed by atoms with Crippen LogP contribution in [0.5, 0.6) is 0 Å². The van der Waals surface area contributed by atoms with E-state index >= 15 is 0 Å². The Bertz CT molecular complexity index is 189. The van der Waals surface area contributed by atoms with Crippen LogP contribution in [-0.4, -0.2) is 61.0 Å². The van der Waals surface area contributed by atoms with Crippen molar-refractivity contribution >= 4 is 0 Å². The van der Waals surface area contributed by atoms with Crippen molar-refractivity contribution in [3.8, 4) is 0 Å². The van der Waals surface area contributed by atoms with Crippen molar-refractivity contribution in [1.82, 2.24) is 10.2 Å². The number of hydrogen-bond donors (Lipinski definition) is 2. The molecule has 0 aromatic rings. The number of rotatable bonds is 1. The van der Waals surface area contributed by atoms with E-state index in [0.29, 0.717) is 12.1 Å². The summed E-state index contributed by atoms with van der Waals surface area (Å²) in [5, 5.41) is 13.0. The molecule has 2 heterocycles. The third-order valence-corrected chi connectivity index (χ3v) is 3.10. The first-order valence-corrected chi connectivity index (χ1v) is 5.52. The Morgan fingerprint density at radius 3 is 3.00 bits per heavy atom. The zero-order valence-corrected chi connectivity index (χ0v) is 8.78. The molecule has 0 aromatic carbocycles. The van der Waals surface area contributed by atoms with Crippen LogP contribution in [0.15, 0.2) is 0 Å². The monoisotopic (exact) mass is 200 g/mol. The molecule has 2 saturated heterocycles. The summed E-state index contributed by atoms with van der Waals surface area (Å²) in [5.74, 6) is 0. The Kier molecular flexibility index (Phi) is 3.38. The average molecular weight is 200 g/mol. The smallest absolute Gasteiger partial charge is 0.0831 e. The van der Waals surface area contributed by atoms with Gasteiger partial charge in [-0.3, -0.25) is 4.90 Å². The van der Waals surface area contributed by atoms with E-state index in [2.05, 4.69) is 17.1 Å². The molecule has 3 atom stereocenters. The van der Waals surface area contributed by atoms with Crippen molar-refractivity contribution in [1.29, 1.82) is 0 Å². The van der Waals surface area contributed by atoms with Crippen molar-refractivity contribution in [2.24, 2.45) is 0 Å². The lowest BCUT2D eigenvalue weighted by Gasteiger charge is -2.29. The van der Waals surface area contributed by atoms with Crippen LogP contribution < -0.4 is 5.32 Å². The van der Waals surface area contributed by atoms with Crippen LogP contribution in [0, 0.1) is 0 Å².